The Bertz CT molecular complexity index is 196. The monoisotopic (exact) mass is 225 g/mol. The molecule has 0 aromatic carbocycles. The van der Waals surface area contributed by atoms with Gasteiger partial charge in [-0.1, -0.05) is 12.8 Å². The summed E-state index contributed by atoms with van der Waals surface area (Å²) in [7, 11) is 1.45. The van der Waals surface area contributed by atoms with E-state index in [0.717, 1.165) is 25.7 Å². The van der Waals surface area contributed by atoms with E-state index in [1.54, 1.807) is 0 Å². The van der Waals surface area contributed by atoms with Crippen LogP contribution in [0.3, 0.4) is 0 Å². The molecule has 1 saturated carbocycles. The summed E-state index contributed by atoms with van der Waals surface area (Å²) >= 11 is 0. The molecule has 2 unspecified atom stereocenters. The predicted octanol–water partition coefficient (Wildman–Crippen LogP) is 2.03. The summed E-state index contributed by atoms with van der Waals surface area (Å²) in [4.78, 5) is 1.25. The van der Waals surface area contributed by atoms with Gasteiger partial charge < -0.3 is 5.11 Å². The van der Waals surface area contributed by atoms with Crippen LogP contribution in [-0.2, 0) is 0 Å². The Labute approximate surface area is 88.1 Å². The van der Waals surface area contributed by atoms with Gasteiger partial charge in [-0.05, 0) is 25.8 Å². The van der Waals surface area contributed by atoms with Crippen LogP contribution in [0.1, 0.15) is 25.7 Å². The summed E-state index contributed by atoms with van der Waals surface area (Å²) in [6.07, 6.45) is -1.00. The molecule has 0 aliphatic heterocycles. The highest BCUT2D eigenvalue weighted by Gasteiger charge is 2.31. The number of hydrogen-bond donors (Lipinski definition) is 1. The summed E-state index contributed by atoms with van der Waals surface area (Å²) in [6, 6.07) is 0. The highest BCUT2D eigenvalue weighted by Crippen LogP contribution is 2.25. The molecule has 1 fully saturated rings. The second-order valence-electron chi connectivity index (χ2n) is 4.42. The molecule has 90 valence electrons. The standard InChI is InChI=1S/C10H18F3NO/c1-14(7-10(11,12)13)6-8-4-2-3-5-9(8)15/h8-9,15H,2-7H2,1H3. The minimum atomic E-state index is -4.14. The maximum absolute atomic E-state index is 12.1. The molecule has 0 saturated heterocycles. The van der Waals surface area contributed by atoms with Gasteiger partial charge in [0.2, 0.25) is 0 Å². The fourth-order valence-electron chi connectivity index (χ4n) is 2.17. The van der Waals surface area contributed by atoms with Crippen molar-refractivity contribution in [2.75, 3.05) is 20.1 Å². The normalized spacial score (nSPS) is 28.4. The van der Waals surface area contributed by atoms with Gasteiger partial charge in [-0.15, -0.1) is 0 Å². The highest BCUT2D eigenvalue weighted by atomic mass is 19.4. The lowest BCUT2D eigenvalue weighted by Crippen LogP contribution is -2.39. The van der Waals surface area contributed by atoms with Crippen molar-refractivity contribution in [1.82, 2.24) is 4.90 Å². The van der Waals surface area contributed by atoms with Gasteiger partial charge >= 0.3 is 6.18 Å². The van der Waals surface area contributed by atoms with Crippen LogP contribution in [0.5, 0.6) is 0 Å². The van der Waals surface area contributed by atoms with E-state index < -0.39 is 18.8 Å². The van der Waals surface area contributed by atoms with Gasteiger partial charge in [-0.3, -0.25) is 4.90 Å². The minimum absolute atomic E-state index is 0.00565. The molecular formula is C10H18F3NO. The Morgan fingerprint density at radius 1 is 1.27 bits per heavy atom. The van der Waals surface area contributed by atoms with Crippen molar-refractivity contribution < 1.29 is 18.3 Å². The van der Waals surface area contributed by atoms with Gasteiger partial charge in [0.1, 0.15) is 0 Å². The van der Waals surface area contributed by atoms with Crippen molar-refractivity contribution in [2.45, 2.75) is 38.0 Å². The van der Waals surface area contributed by atoms with Gasteiger partial charge in [0, 0.05) is 6.54 Å². The quantitative estimate of drug-likeness (QED) is 0.794. The fourth-order valence-corrected chi connectivity index (χ4v) is 2.17. The number of halogens is 3. The van der Waals surface area contributed by atoms with Crippen molar-refractivity contribution in [3.8, 4) is 0 Å². The van der Waals surface area contributed by atoms with Crippen LogP contribution in [-0.4, -0.2) is 42.4 Å². The Kier molecular flexibility index (Phi) is 4.40. The first-order valence-corrected chi connectivity index (χ1v) is 5.32. The van der Waals surface area contributed by atoms with Crippen molar-refractivity contribution in [1.29, 1.82) is 0 Å². The van der Waals surface area contributed by atoms with Gasteiger partial charge in [0.05, 0.1) is 12.6 Å². The smallest absolute Gasteiger partial charge is 0.393 e. The van der Waals surface area contributed by atoms with Gasteiger partial charge in [-0.2, -0.15) is 13.2 Å². The Balaban J connectivity index is 2.33. The molecule has 2 atom stereocenters. The Hall–Kier alpha value is -0.290. The summed E-state index contributed by atoms with van der Waals surface area (Å²) in [6.45, 7) is -0.559. The first kappa shape index (κ1) is 12.8. The number of rotatable bonds is 3. The lowest BCUT2D eigenvalue weighted by atomic mass is 9.86. The van der Waals surface area contributed by atoms with Crippen LogP contribution in [0.15, 0.2) is 0 Å². The molecule has 15 heavy (non-hydrogen) atoms. The van der Waals surface area contributed by atoms with E-state index in [9.17, 15) is 18.3 Å². The van der Waals surface area contributed by atoms with Crippen molar-refractivity contribution in [3.05, 3.63) is 0 Å². The van der Waals surface area contributed by atoms with E-state index >= 15 is 0 Å². The molecule has 1 aliphatic carbocycles. The Morgan fingerprint density at radius 2 is 1.87 bits per heavy atom. The van der Waals surface area contributed by atoms with Crippen LogP contribution in [0.2, 0.25) is 0 Å². The van der Waals surface area contributed by atoms with Crippen LogP contribution >= 0.6 is 0 Å². The van der Waals surface area contributed by atoms with Gasteiger partial charge in [-0.25, -0.2) is 0 Å². The number of aliphatic hydroxyl groups excluding tert-OH is 1. The molecule has 0 radical (unpaired) electrons. The first-order valence-electron chi connectivity index (χ1n) is 5.32. The number of alkyl halides is 3. The minimum Gasteiger partial charge on any atom is -0.393 e. The second kappa shape index (κ2) is 5.16. The average Bonchev–Trinajstić information content (AvgIpc) is 2.05. The lowest BCUT2D eigenvalue weighted by molar-refractivity contribution is -0.145. The van der Waals surface area contributed by atoms with Crippen LogP contribution in [0, 0.1) is 5.92 Å². The first-order chi connectivity index (χ1) is 6.88. The molecule has 1 aliphatic rings. The maximum atomic E-state index is 12.1. The summed E-state index contributed by atoms with van der Waals surface area (Å²) in [5, 5.41) is 9.61. The number of nitrogens with zero attached hydrogens (tertiary/aromatic N) is 1. The summed E-state index contributed by atoms with van der Waals surface area (Å²) in [5.41, 5.74) is 0. The van der Waals surface area contributed by atoms with E-state index in [4.69, 9.17) is 0 Å². The third-order valence-corrected chi connectivity index (χ3v) is 2.86. The number of aliphatic hydroxyl groups is 1. The van der Waals surface area contributed by atoms with Crippen LogP contribution in [0.25, 0.3) is 0 Å². The molecule has 0 spiro atoms. The molecule has 2 nitrogen and oxygen atoms in total. The molecular weight excluding hydrogens is 207 g/mol. The summed E-state index contributed by atoms with van der Waals surface area (Å²) in [5.74, 6) is 0.00565. The van der Waals surface area contributed by atoms with Crippen molar-refractivity contribution in [2.24, 2.45) is 5.92 Å². The molecule has 5 heteroatoms. The van der Waals surface area contributed by atoms with Gasteiger partial charge in [0.25, 0.3) is 0 Å². The zero-order valence-electron chi connectivity index (χ0n) is 8.93. The SMILES string of the molecule is CN(CC1CCCCC1O)CC(F)(F)F. The molecule has 1 N–H and O–H groups in total. The van der Waals surface area contributed by atoms with Crippen molar-refractivity contribution >= 4 is 0 Å². The Morgan fingerprint density at radius 3 is 2.40 bits per heavy atom. The fraction of sp³-hybridized carbons (Fsp3) is 1.00. The van der Waals surface area contributed by atoms with E-state index in [1.165, 1.54) is 11.9 Å². The molecule has 0 bridgehead atoms. The highest BCUT2D eigenvalue weighted by molar-refractivity contribution is 4.77. The lowest BCUT2D eigenvalue weighted by Gasteiger charge is -2.31. The summed E-state index contributed by atoms with van der Waals surface area (Å²) < 4.78 is 36.2. The molecule has 1 rings (SSSR count). The molecule has 0 aromatic rings. The second-order valence-corrected chi connectivity index (χ2v) is 4.42. The largest absolute Gasteiger partial charge is 0.401 e. The molecule has 0 amide bonds. The van der Waals surface area contributed by atoms with Crippen molar-refractivity contribution in [3.63, 3.8) is 0 Å². The third-order valence-electron chi connectivity index (χ3n) is 2.86. The van der Waals surface area contributed by atoms with E-state index in [2.05, 4.69) is 0 Å². The maximum Gasteiger partial charge on any atom is 0.401 e. The third kappa shape index (κ3) is 4.84. The zero-order chi connectivity index (χ0) is 11.5. The predicted molar refractivity (Wildman–Crippen MR) is 51.5 cm³/mol. The van der Waals surface area contributed by atoms with E-state index in [-0.39, 0.29) is 5.92 Å². The molecule has 0 heterocycles. The van der Waals surface area contributed by atoms with Crippen LogP contribution in [0.4, 0.5) is 13.2 Å². The van der Waals surface area contributed by atoms with E-state index in [1.807, 2.05) is 0 Å². The zero-order valence-corrected chi connectivity index (χ0v) is 8.93. The topological polar surface area (TPSA) is 23.5 Å². The van der Waals surface area contributed by atoms with Gasteiger partial charge in [0.15, 0.2) is 0 Å². The number of hydrogen-bond acceptors (Lipinski definition) is 2. The van der Waals surface area contributed by atoms with Crippen LogP contribution < -0.4 is 0 Å². The molecule has 0 aromatic heterocycles. The van der Waals surface area contributed by atoms with E-state index in [0.29, 0.717) is 6.54 Å². The average molecular weight is 225 g/mol.